The van der Waals surface area contributed by atoms with Crippen molar-refractivity contribution in [3.63, 3.8) is 0 Å². The first-order valence-corrected chi connectivity index (χ1v) is 13.8. The lowest BCUT2D eigenvalue weighted by atomic mass is 9.39. The minimum atomic E-state index is -0.165. The van der Waals surface area contributed by atoms with Crippen molar-refractivity contribution in [2.24, 2.45) is 51.2 Å². The van der Waals surface area contributed by atoms with Gasteiger partial charge in [0.1, 0.15) is 0 Å². The lowest BCUT2D eigenvalue weighted by molar-refractivity contribution is -0.145. The highest BCUT2D eigenvalue weighted by Gasteiger charge is 2.67. The molecule has 0 heterocycles. The summed E-state index contributed by atoms with van der Waals surface area (Å²) in [5.74, 6) is 4.12. The van der Waals surface area contributed by atoms with Gasteiger partial charge in [-0.25, -0.2) is 0 Å². The Kier molecular flexibility index (Phi) is 6.07. The molecular formula is C30H52O. The molecule has 1 heteroatoms. The summed E-state index contributed by atoms with van der Waals surface area (Å²) >= 11 is 0. The minimum absolute atomic E-state index is 0.0400. The SMILES string of the molecule is CC(C)CCC[C@@H](C)[C@H]1CC[C@@]2(C)[C@@H]3CC=C4[C@@H](CC[C@H](O)C4(C)C)[C@]3(C)CC[C@]12C. The van der Waals surface area contributed by atoms with Gasteiger partial charge in [-0.05, 0) is 90.8 Å². The first-order chi connectivity index (χ1) is 14.4. The van der Waals surface area contributed by atoms with Crippen molar-refractivity contribution < 1.29 is 5.11 Å². The van der Waals surface area contributed by atoms with Crippen LogP contribution in [-0.4, -0.2) is 11.2 Å². The Balaban J connectivity index is 1.60. The second kappa shape index (κ2) is 7.89. The van der Waals surface area contributed by atoms with Crippen molar-refractivity contribution in [2.75, 3.05) is 0 Å². The zero-order valence-electron chi connectivity index (χ0n) is 22.1. The topological polar surface area (TPSA) is 20.2 Å². The van der Waals surface area contributed by atoms with Gasteiger partial charge in [-0.1, -0.05) is 86.3 Å². The molecule has 0 aromatic rings. The number of hydrogen-bond donors (Lipinski definition) is 1. The normalized spacial score (nSPS) is 47.4. The van der Waals surface area contributed by atoms with Gasteiger partial charge in [-0.3, -0.25) is 0 Å². The summed E-state index contributed by atoms with van der Waals surface area (Å²) in [6.45, 7) is 20.0. The molecule has 8 atom stereocenters. The van der Waals surface area contributed by atoms with Crippen LogP contribution in [0.2, 0.25) is 0 Å². The van der Waals surface area contributed by atoms with Gasteiger partial charge in [0.25, 0.3) is 0 Å². The lowest BCUT2D eigenvalue weighted by Crippen LogP contribution is -2.59. The van der Waals surface area contributed by atoms with E-state index in [4.69, 9.17) is 0 Å². The largest absolute Gasteiger partial charge is 0.392 e. The Morgan fingerprint density at radius 2 is 1.61 bits per heavy atom. The Bertz CT molecular complexity index is 703. The van der Waals surface area contributed by atoms with Crippen LogP contribution in [0.25, 0.3) is 0 Å². The Labute approximate surface area is 193 Å². The van der Waals surface area contributed by atoms with Crippen LogP contribution in [0.1, 0.15) is 120 Å². The van der Waals surface area contributed by atoms with Gasteiger partial charge >= 0.3 is 0 Å². The summed E-state index contributed by atoms with van der Waals surface area (Å²) in [4.78, 5) is 0. The van der Waals surface area contributed by atoms with Crippen LogP contribution in [0.4, 0.5) is 0 Å². The van der Waals surface area contributed by atoms with Crippen molar-refractivity contribution in [1.29, 1.82) is 0 Å². The molecule has 1 nitrogen and oxygen atoms in total. The molecule has 0 saturated heterocycles. The summed E-state index contributed by atoms with van der Waals surface area (Å²) in [5.41, 5.74) is 2.96. The quantitative estimate of drug-likeness (QED) is 0.436. The van der Waals surface area contributed by atoms with E-state index in [2.05, 4.69) is 61.5 Å². The van der Waals surface area contributed by atoms with Gasteiger partial charge in [0.2, 0.25) is 0 Å². The standard InChI is InChI=1S/C30H52O/c1-20(2)10-9-11-21(3)22-16-17-30(8)25-14-12-23-24(13-15-26(31)27(23,4)5)28(25,6)18-19-29(22,30)7/h12,20-22,24-26,31H,9-11,13-19H2,1-8H3/t21-,22-,24-,25-,26+,28+,29-,30+/m1/s1. The molecule has 0 aliphatic heterocycles. The molecule has 0 bridgehead atoms. The highest BCUT2D eigenvalue weighted by Crippen LogP contribution is 2.74. The van der Waals surface area contributed by atoms with Gasteiger partial charge in [0, 0.05) is 5.41 Å². The van der Waals surface area contributed by atoms with Crippen LogP contribution in [0.3, 0.4) is 0 Å². The van der Waals surface area contributed by atoms with Crippen molar-refractivity contribution >= 4 is 0 Å². The molecule has 0 spiro atoms. The molecule has 4 rings (SSSR count). The molecule has 4 aliphatic rings. The number of aliphatic hydroxyl groups is 1. The molecule has 0 radical (unpaired) electrons. The smallest absolute Gasteiger partial charge is 0.0628 e. The fourth-order valence-electron chi connectivity index (χ4n) is 9.68. The fraction of sp³-hybridized carbons (Fsp3) is 0.933. The van der Waals surface area contributed by atoms with Gasteiger partial charge in [0.15, 0.2) is 0 Å². The van der Waals surface area contributed by atoms with Gasteiger partial charge in [0.05, 0.1) is 6.10 Å². The maximum Gasteiger partial charge on any atom is 0.0628 e. The summed E-state index contributed by atoms with van der Waals surface area (Å²) in [6, 6.07) is 0. The Morgan fingerprint density at radius 1 is 0.903 bits per heavy atom. The summed E-state index contributed by atoms with van der Waals surface area (Å²) in [6.07, 6.45) is 15.8. The third-order valence-corrected chi connectivity index (χ3v) is 12.0. The van der Waals surface area contributed by atoms with E-state index in [-0.39, 0.29) is 11.5 Å². The van der Waals surface area contributed by atoms with Crippen LogP contribution in [-0.2, 0) is 0 Å². The van der Waals surface area contributed by atoms with E-state index >= 15 is 0 Å². The van der Waals surface area contributed by atoms with Crippen LogP contribution in [0.15, 0.2) is 11.6 Å². The average Bonchev–Trinajstić information content (AvgIpc) is 2.96. The molecule has 178 valence electrons. The van der Waals surface area contributed by atoms with E-state index in [0.717, 1.165) is 30.1 Å². The average molecular weight is 429 g/mol. The number of rotatable bonds is 5. The zero-order valence-corrected chi connectivity index (χ0v) is 22.1. The molecule has 0 aromatic heterocycles. The molecule has 4 aliphatic carbocycles. The summed E-state index contributed by atoms with van der Waals surface area (Å²) in [5, 5.41) is 10.8. The van der Waals surface area contributed by atoms with Gasteiger partial charge in [-0.2, -0.15) is 0 Å². The lowest BCUT2D eigenvalue weighted by Gasteiger charge is -2.66. The second-order valence-electron chi connectivity index (χ2n) is 14.1. The van der Waals surface area contributed by atoms with E-state index in [0.29, 0.717) is 22.2 Å². The van der Waals surface area contributed by atoms with Crippen molar-refractivity contribution in [3.05, 3.63) is 11.6 Å². The third-order valence-electron chi connectivity index (χ3n) is 12.0. The summed E-state index contributed by atoms with van der Waals surface area (Å²) < 4.78 is 0. The van der Waals surface area contributed by atoms with Crippen molar-refractivity contribution in [2.45, 2.75) is 126 Å². The Morgan fingerprint density at radius 3 is 2.29 bits per heavy atom. The number of fused-ring (bicyclic) bond motifs is 5. The van der Waals surface area contributed by atoms with Crippen LogP contribution in [0.5, 0.6) is 0 Å². The van der Waals surface area contributed by atoms with Crippen LogP contribution >= 0.6 is 0 Å². The minimum Gasteiger partial charge on any atom is -0.392 e. The molecular weight excluding hydrogens is 376 g/mol. The highest BCUT2D eigenvalue weighted by molar-refractivity contribution is 5.30. The third kappa shape index (κ3) is 3.41. The van der Waals surface area contributed by atoms with E-state index in [1.165, 1.54) is 57.8 Å². The molecule has 3 fully saturated rings. The van der Waals surface area contributed by atoms with Gasteiger partial charge in [-0.15, -0.1) is 0 Å². The number of aliphatic hydroxyl groups excluding tert-OH is 1. The maximum absolute atomic E-state index is 10.8. The molecule has 3 saturated carbocycles. The fourth-order valence-corrected chi connectivity index (χ4v) is 9.68. The highest BCUT2D eigenvalue weighted by atomic mass is 16.3. The van der Waals surface area contributed by atoms with E-state index in [1.54, 1.807) is 5.57 Å². The second-order valence-corrected chi connectivity index (χ2v) is 14.1. The monoisotopic (exact) mass is 428 g/mol. The predicted molar refractivity (Wildman–Crippen MR) is 133 cm³/mol. The molecule has 31 heavy (non-hydrogen) atoms. The summed E-state index contributed by atoms with van der Waals surface area (Å²) in [7, 11) is 0. The molecule has 0 unspecified atom stereocenters. The first kappa shape index (κ1) is 23.8. The van der Waals surface area contributed by atoms with E-state index in [1.807, 2.05) is 0 Å². The van der Waals surface area contributed by atoms with Crippen LogP contribution < -0.4 is 0 Å². The molecule has 0 aromatic carbocycles. The first-order valence-electron chi connectivity index (χ1n) is 13.8. The van der Waals surface area contributed by atoms with Crippen molar-refractivity contribution in [3.8, 4) is 0 Å². The zero-order chi connectivity index (χ0) is 22.8. The van der Waals surface area contributed by atoms with E-state index < -0.39 is 0 Å². The van der Waals surface area contributed by atoms with Crippen molar-refractivity contribution in [1.82, 2.24) is 0 Å². The maximum atomic E-state index is 10.8. The number of allylic oxidation sites excluding steroid dienone is 1. The Hall–Kier alpha value is -0.300. The number of hydrogen-bond acceptors (Lipinski definition) is 1. The molecule has 0 amide bonds. The van der Waals surface area contributed by atoms with Crippen LogP contribution in [0, 0.1) is 51.2 Å². The predicted octanol–water partition coefficient (Wildman–Crippen LogP) is 8.41. The molecule has 1 N–H and O–H groups in total. The van der Waals surface area contributed by atoms with E-state index in [9.17, 15) is 5.11 Å². The van der Waals surface area contributed by atoms with Gasteiger partial charge < -0.3 is 5.11 Å².